The van der Waals surface area contributed by atoms with Gasteiger partial charge in [-0.05, 0) is 49.2 Å². The van der Waals surface area contributed by atoms with Gasteiger partial charge in [0, 0.05) is 24.6 Å². The van der Waals surface area contributed by atoms with Crippen LogP contribution in [0.5, 0.6) is 0 Å². The maximum atomic E-state index is 12.8. The largest absolute Gasteiger partial charge is 0.324 e. The molecule has 0 aliphatic rings. The normalized spacial score (nSPS) is 12.4. The van der Waals surface area contributed by atoms with Crippen molar-refractivity contribution in [2.24, 2.45) is 0 Å². The number of benzene rings is 1. The molecule has 2 heterocycles. The molecular weight excluding hydrogens is 477 g/mol. The average Bonchev–Trinajstić information content (AvgIpc) is 2.77. The number of amides is 1. The van der Waals surface area contributed by atoms with E-state index in [1.54, 1.807) is 43.6 Å². The second-order valence-electron chi connectivity index (χ2n) is 6.88. The lowest BCUT2D eigenvalue weighted by Crippen LogP contribution is -2.33. The van der Waals surface area contributed by atoms with Gasteiger partial charge in [0.25, 0.3) is 5.56 Å². The third kappa shape index (κ3) is 5.33. The van der Waals surface area contributed by atoms with E-state index in [0.29, 0.717) is 5.56 Å². The summed E-state index contributed by atoms with van der Waals surface area (Å²) >= 11 is 11.6. The Bertz CT molecular complexity index is 1310. The number of nitrogens with zero attached hydrogens (tertiary/aromatic N) is 3. The molecule has 12 heteroatoms. The summed E-state index contributed by atoms with van der Waals surface area (Å²) in [7, 11) is -3.86. The van der Waals surface area contributed by atoms with Crippen LogP contribution in [0, 0.1) is 6.92 Å². The average molecular weight is 496 g/mol. The number of hydrogen-bond acceptors (Lipinski definition) is 6. The van der Waals surface area contributed by atoms with Crippen molar-refractivity contribution in [3.63, 3.8) is 0 Å². The van der Waals surface area contributed by atoms with Gasteiger partial charge >= 0.3 is 0 Å². The Morgan fingerprint density at radius 3 is 2.56 bits per heavy atom. The van der Waals surface area contributed by atoms with Gasteiger partial charge in [0.1, 0.15) is 11.1 Å². The molecule has 2 N–H and O–H groups in total. The van der Waals surface area contributed by atoms with Gasteiger partial charge in [0.2, 0.25) is 15.9 Å². The van der Waals surface area contributed by atoms with Crippen LogP contribution in [-0.4, -0.2) is 29.1 Å². The van der Waals surface area contributed by atoms with E-state index in [9.17, 15) is 18.0 Å². The van der Waals surface area contributed by atoms with Gasteiger partial charge in [0.15, 0.2) is 0 Å². The molecule has 168 valence electrons. The lowest BCUT2D eigenvalue weighted by molar-refractivity contribution is -0.119. The molecule has 2 aromatic heterocycles. The zero-order chi connectivity index (χ0) is 23.5. The fourth-order valence-corrected chi connectivity index (χ4v) is 4.33. The van der Waals surface area contributed by atoms with Crippen LogP contribution in [0.3, 0.4) is 0 Å². The minimum absolute atomic E-state index is 0.0156. The molecule has 9 nitrogen and oxygen atoms in total. The lowest BCUT2D eigenvalue weighted by Gasteiger charge is -2.16. The van der Waals surface area contributed by atoms with Gasteiger partial charge in [-0.3, -0.25) is 14.6 Å². The molecule has 1 atom stereocenters. The summed E-state index contributed by atoms with van der Waals surface area (Å²) in [5.41, 5.74) is 0.777. The molecule has 0 fully saturated rings. The molecule has 0 saturated heterocycles. The number of sulfonamides is 1. The standard InChI is InChI=1S/C20H19Cl2N5O4S/c1-12-3-4-15(9-17(12)32(30,31)25-10-14-5-7-23-8-6-14)26-19(28)13(2)27-20(29)18(22)16(21)11-24-27/h3-9,11,13,25H,10H2,1-2H3,(H,26,28). The first-order chi connectivity index (χ1) is 15.1. The van der Waals surface area contributed by atoms with Crippen LogP contribution in [-0.2, 0) is 21.4 Å². The summed E-state index contributed by atoms with van der Waals surface area (Å²) in [6.07, 6.45) is 4.31. The van der Waals surface area contributed by atoms with Gasteiger partial charge in [0.05, 0.1) is 16.1 Å². The molecule has 1 aromatic carbocycles. The highest BCUT2D eigenvalue weighted by Gasteiger charge is 2.22. The molecule has 1 amide bonds. The Morgan fingerprint density at radius 1 is 1.19 bits per heavy atom. The Hall–Kier alpha value is -2.79. The van der Waals surface area contributed by atoms with E-state index >= 15 is 0 Å². The van der Waals surface area contributed by atoms with Crippen LogP contribution in [0.15, 0.2) is 58.6 Å². The first-order valence-electron chi connectivity index (χ1n) is 9.33. The fraction of sp³-hybridized carbons (Fsp3) is 0.200. The molecule has 0 aliphatic heterocycles. The second kappa shape index (κ2) is 9.78. The minimum atomic E-state index is -3.86. The topological polar surface area (TPSA) is 123 Å². The number of halogens is 2. The number of carbonyl (C=O) groups excluding carboxylic acids is 1. The summed E-state index contributed by atoms with van der Waals surface area (Å²) in [4.78, 5) is 28.8. The van der Waals surface area contributed by atoms with E-state index in [4.69, 9.17) is 23.2 Å². The van der Waals surface area contributed by atoms with Gasteiger partial charge in [-0.15, -0.1) is 0 Å². The molecule has 3 rings (SSSR count). The molecule has 32 heavy (non-hydrogen) atoms. The van der Waals surface area contributed by atoms with Crippen molar-refractivity contribution in [3.8, 4) is 0 Å². The third-order valence-corrected chi connectivity index (χ3v) is 6.90. The van der Waals surface area contributed by atoms with Gasteiger partial charge in [-0.1, -0.05) is 29.3 Å². The summed E-state index contributed by atoms with van der Waals surface area (Å²) in [6, 6.07) is 6.86. The maximum Gasteiger partial charge on any atom is 0.287 e. The van der Waals surface area contributed by atoms with Crippen molar-refractivity contribution < 1.29 is 13.2 Å². The highest BCUT2D eigenvalue weighted by atomic mass is 35.5. The zero-order valence-electron chi connectivity index (χ0n) is 17.0. The highest BCUT2D eigenvalue weighted by molar-refractivity contribution is 7.89. The van der Waals surface area contributed by atoms with Crippen LogP contribution < -0.4 is 15.6 Å². The first-order valence-corrected chi connectivity index (χ1v) is 11.6. The van der Waals surface area contributed by atoms with Crippen molar-refractivity contribution in [2.45, 2.75) is 31.3 Å². The molecule has 1 unspecified atom stereocenters. The van der Waals surface area contributed by atoms with E-state index in [-0.39, 0.29) is 27.2 Å². The number of aromatic nitrogens is 3. The Balaban J connectivity index is 1.80. The summed E-state index contributed by atoms with van der Waals surface area (Å²) < 4.78 is 29.0. The van der Waals surface area contributed by atoms with Crippen molar-refractivity contribution in [2.75, 3.05) is 5.32 Å². The second-order valence-corrected chi connectivity index (χ2v) is 9.40. The predicted molar refractivity (Wildman–Crippen MR) is 121 cm³/mol. The van der Waals surface area contributed by atoms with Crippen LogP contribution in [0.4, 0.5) is 5.69 Å². The summed E-state index contributed by atoms with van der Waals surface area (Å²) in [5.74, 6) is -0.588. The zero-order valence-corrected chi connectivity index (χ0v) is 19.4. The number of aryl methyl sites for hydroxylation is 1. The Labute approximate surface area is 194 Å². The van der Waals surface area contributed by atoms with Crippen molar-refractivity contribution >= 4 is 44.8 Å². The molecule has 0 saturated carbocycles. The van der Waals surface area contributed by atoms with E-state index in [1.165, 1.54) is 19.2 Å². The number of nitrogens with one attached hydrogen (secondary N) is 2. The number of rotatable bonds is 7. The summed E-state index contributed by atoms with van der Waals surface area (Å²) in [5, 5.41) is 6.18. The molecule has 0 spiro atoms. The van der Waals surface area contributed by atoms with Crippen molar-refractivity contribution in [3.05, 3.63) is 80.4 Å². The summed E-state index contributed by atoms with van der Waals surface area (Å²) in [6.45, 7) is 3.19. The van der Waals surface area contributed by atoms with Crippen molar-refractivity contribution in [1.29, 1.82) is 0 Å². The number of carbonyl (C=O) groups is 1. The van der Waals surface area contributed by atoms with E-state index in [2.05, 4.69) is 20.1 Å². The van der Waals surface area contributed by atoms with Gasteiger partial charge in [-0.2, -0.15) is 5.10 Å². The van der Waals surface area contributed by atoms with Crippen LogP contribution in [0.2, 0.25) is 10.0 Å². The Morgan fingerprint density at radius 2 is 1.88 bits per heavy atom. The molecule has 0 radical (unpaired) electrons. The number of anilines is 1. The quantitative estimate of drug-likeness (QED) is 0.519. The molecular formula is C20H19Cl2N5O4S. The first kappa shape index (κ1) is 23.9. The van der Waals surface area contributed by atoms with Gasteiger partial charge < -0.3 is 5.32 Å². The lowest BCUT2D eigenvalue weighted by atomic mass is 10.2. The molecule has 0 bridgehead atoms. The van der Waals surface area contributed by atoms with Crippen molar-refractivity contribution in [1.82, 2.24) is 19.5 Å². The third-order valence-electron chi connectivity index (χ3n) is 4.61. The highest BCUT2D eigenvalue weighted by Crippen LogP contribution is 2.22. The fourth-order valence-electron chi connectivity index (χ4n) is 2.78. The van der Waals surface area contributed by atoms with Crippen LogP contribution in [0.25, 0.3) is 0 Å². The minimum Gasteiger partial charge on any atom is -0.324 e. The van der Waals surface area contributed by atoms with E-state index in [0.717, 1.165) is 10.2 Å². The smallest absolute Gasteiger partial charge is 0.287 e. The Kier molecular flexibility index (Phi) is 7.29. The van der Waals surface area contributed by atoms with E-state index < -0.39 is 27.5 Å². The maximum absolute atomic E-state index is 12.8. The van der Waals surface area contributed by atoms with E-state index in [1.807, 2.05) is 0 Å². The predicted octanol–water partition coefficient (Wildman–Crippen LogP) is 2.93. The van der Waals surface area contributed by atoms with Crippen LogP contribution in [0.1, 0.15) is 24.1 Å². The van der Waals surface area contributed by atoms with Gasteiger partial charge in [-0.25, -0.2) is 17.8 Å². The monoisotopic (exact) mass is 495 g/mol. The SMILES string of the molecule is Cc1ccc(NC(=O)C(C)n2ncc(Cl)c(Cl)c2=O)cc1S(=O)(=O)NCc1ccncc1. The van der Waals surface area contributed by atoms with Crippen LogP contribution >= 0.6 is 23.2 Å². The molecule has 3 aromatic rings. The number of hydrogen-bond donors (Lipinski definition) is 2. The molecule has 0 aliphatic carbocycles. The number of pyridine rings is 1.